The maximum atomic E-state index is 13.0. The number of benzene rings is 2. The second-order valence-corrected chi connectivity index (χ2v) is 10.1. The van der Waals surface area contributed by atoms with Gasteiger partial charge in [-0.25, -0.2) is 8.42 Å². The van der Waals surface area contributed by atoms with Gasteiger partial charge in [-0.2, -0.15) is 4.31 Å². The predicted octanol–water partition coefficient (Wildman–Crippen LogP) is 3.65. The lowest BCUT2D eigenvalue weighted by atomic mass is 9.92. The fourth-order valence-corrected chi connectivity index (χ4v) is 6.64. The van der Waals surface area contributed by atoms with Crippen molar-refractivity contribution in [2.24, 2.45) is 0 Å². The van der Waals surface area contributed by atoms with Crippen LogP contribution < -0.4 is 9.47 Å². The molecule has 1 unspecified atom stereocenters. The third-order valence-corrected chi connectivity index (χ3v) is 8.58. The molecule has 31 heavy (non-hydrogen) atoms. The number of methoxy groups -OCH3 is 2. The molecule has 0 radical (unpaired) electrons. The maximum absolute atomic E-state index is 13.0. The van der Waals surface area contributed by atoms with E-state index in [9.17, 15) is 8.42 Å². The minimum absolute atomic E-state index is 0.366. The van der Waals surface area contributed by atoms with E-state index < -0.39 is 10.0 Å². The van der Waals surface area contributed by atoms with Crippen LogP contribution in [0.15, 0.2) is 41.3 Å². The van der Waals surface area contributed by atoms with Crippen LogP contribution >= 0.6 is 0 Å². The maximum Gasteiger partial charge on any atom is 0.243 e. The van der Waals surface area contributed by atoms with Crippen molar-refractivity contribution in [1.29, 1.82) is 0 Å². The van der Waals surface area contributed by atoms with Gasteiger partial charge in [0.2, 0.25) is 10.0 Å². The van der Waals surface area contributed by atoms with Crippen molar-refractivity contribution in [2.45, 2.75) is 43.5 Å². The van der Waals surface area contributed by atoms with Gasteiger partial charge in [0, 0.05) is 37.8 Å². The number of sulfonamides is 1. The van der Waals surface area contributed by atoms with E-state index in [1.54, 1.807) is 42.8 Å². The molecule has 0 saturated heterocycles. The standard InChI is InChI=1S/C24H32N2O4S/c1-4-26(31(27,28)19-9-6-5-7-10-19)15-8-14-25-16-13-18-17-22(29-2)24(30-3)20-11-12-21(25)23(18)20/h5-7,9-10,17,21H,4,8,11-16H2,1-3H3. The quantitative estimate of drug-likeness (QED) is 0.591. The normalized spacial score (nSPS) is 18.3. The van der Waals surface area contributed by atoms with Gasteiger partial charge < -0.3 is 9.47 Å². The van der Waals surface area contributed by atoms with E-state index in [2.05, 4.69) is 11.0 Å². The average molecular weight is 445 g/mol. The molecule has 1 heterocycles. The van der Waals surface area contributed by atoms with Crippen LogP contribution in [0.2, 0.25) is 0 Å². The summed E-state index contributed by atoms with van der Waals surface area (Å²) < 4.78 is 38.7. The number of ether oxygens (including phenoxy) is 2. The first-order chi connectivity index (χ1) is 15.0. The first-order valence-corrected chi connectivity index (χ1v) is 12.5. The Balaban J connectivity index is 1.45. The molecular weight excluding hydrogens is 412 g/mol. The minimum Gasteiger partial charge on any atom is -0.493 e. The van der Waals surface area contributed by atoms with Gasteiger partial charge in [-0.3, -0.25) is 4.90 Å². The highest BCUT2D eigenvalue weighted by Gasteiger charge is 2.36. The molecule has 0 saturated carbocycles. The molecule has 7 heteroatoms. The molecule has 1 aliphatic heterocycles. The molecular formula is C24H32N2O4S. The van der Waals surface area contributed by atoms with Crippen molar-refractivity contribution in [3.63, 3.8) is 0 Å². The molecule has 0 amide bonds. The highest BCUT2D eigenvalue weighted by Crippen LogP contribution is 2.48. The van der Waals surface area contributed by atoms with Crippen LogP contribution in [0.4, 0.5) is 0 Å². The van der Waals surface area contributed by atoms with E-state index >= 15 is 0 Å². The summed E-state index contributed by atoms with van der Waals surface area (Å²) >= 11 is 0. The van der Waals surface area contributed by atoms with Crippen LogP contribution in [0.25, 0.3) is 0 Å². The molecule has 0 aromatic heterocycles. The van der Waals surface area contributed by atoms with Gasteiger partial charge in [-0.05, 0) is 55.0 Å². The van der Waals surface area contributed by atoms with Crippen LogP contribution in [0, 0.1) is 0 Å². The van der Waals surface area contributed by atoms with E-state index in [0.29, 0.717) is 24.0 Å². The highest BCUT2D eigenvalue weighted by atomic mass is 32.2. The average Bonchev–Trinajstić information content (AvgIpc) is 3.24. The lowest BCUT2D eigenvalue weighted by Crippen LogP contribution is -2.38. The molecule has 0 N–H and O–H groups in total. The highest BCUT2D eigenvalue weighted by molar-refractivity contribution is 7.89. The Labute approximate surface area is 185 Å². The third kappa shape index (κ3) is 4.06. The van der Waals surface area contributed by atoms with Crippen molar-refractivity contribution in [3.8, 4) is 11.5 Å². The zero-order valence-electron chi connectivity index (χ0n) is 18.6. The minimum atomic E-state index is -3.44. The second-order valence-electron chi connectivity index (χ2n) is 8.17. The second kappa shape index (κ2) is 9.18. The first-order valence-electron chi connectivity index (χ1n) is 11.1. The molecule has 0 spiro atoms. The van der Waals surface area contributed by atoms with Crippen molar-refractivity contribution in [3.05, 3.63) is 53.1 Å². The van der Waals surface area contributed by atoms with Crippen LogP contribution in [-0.4, -0.2) is 58.0 Å². The summed E-state index contributed by atoms with van der Waals surface area (Å²) in [4.78, 5) is 2.89. The summed E-state index contributed by atoms with van der Waals surface area (Å²) in [5.74, 6) is 1.70. The Kier molecular flexibility index (Phi) is 6.55. The summed E-state index contributed by atoms with van der Waals surface area (Å²) in [5, 5.41) is 0. The molecule has 1 atom stereocenters. The molecule has 0 fully saturated rings. The molecule has 2 aliphatic rings. The fourth-order valence-electron chi connectivity index (χ4n) is 5.13. The van der Waals surface area contributed by atoms with E-state index in [1.807, 2.05) is 13.0 Å². The summed E-state index contributed by atoms with van der Waals surface area (Å²) in [5.41, 5.74) is 4.06. The van der Waals surface area contributed by atoms with Crippen molar-refractivity contribution in [2.75, 3.05) is 40.4 Å². The number of nitrogens with zero attached hydrogens (tertiary/aromatic N) is 2. The monoisotopic (exact) mass is 444 g/mol. The van der Waals surface area contributed by atoms with Crippen molar-refractivity contribution < 1.29 is 17.9 Å². The van der Waals surface area contributed by atoms with Crippen LogP contribution in [0.3, 0.4) is 0 Å². The SMILES string of the molecule is CCN(CCCN1CCc2cc(OC)c(OC)c3c2C1CC3)S(=O)(=O)c1ccccc1. The molecule has 0 bridgehead atoms. The topological polar surface area (TPSA) is 59.1 Å². The van der Waals surface area contributed by atoms with Crippen LogP contribution in [0.1, 0.15) is 42.5 Å². The fraction of sp³-hybridized carbons (Fsp3) is 0.500. The molecule has 2 aromatic rings. The van der Waals surface area contributed by atoms with Gasteiger partial charge in [0.25, 0.3) is 0 Å². The Bertz CT molecular complexity index is 1020. The summed E-state index contributed by atoms with van der Waals surface area (Å²) in [6, 6.07) is 11.2. The van der Waals surface area contributed by atoms with Gasteiger partial charge in [0.1, 0.15) is 0 Å². The van der Waals surface area contributed by atoms with E-state index in [1.165, 1.54) is 16.7 Å². The van der Waals surface area contributed by atoms with Gasteiger partial charge in [-0.15, -0.1) is 0 Å². The van der Waals surface area contributed by atoms with Crippen molar-refractivity contribution >= 4 is 10.0 Å². The third-order valence-electron chi connectivity index (χ3n) is 6.59. The van der Waals surface area contributed by atoms with Crippen LogP contribution in [0.5, 0.6) is 11.5 Å². The van der Waals surface area contributed by atoms with E-state index in [-0.39, 0.29) is 0 Å². The lowest BCUT2D eigenvalue weighted by molar-refractivity contribution is 0.179. The largest absolute Gasteiger partial charge is 0.493 e. The lowest BCUT2D eigenvalue weighted by Gasteiger charge is -2.36. The summed E-state index contributed by atoms with van der Waals surface area (Å²) in [7, 11) is -0.0384. The van der Waals surface area contributed by atoms with Gasteiger partial charge in [0.15, 0.2) is 11.5 Å². The Morgan fingerprint density at radius 2 is 1.90 bits per heavy atom. The predicted molar refractivity (Wildman–Crippen MR) is 121 cm³/mol. The summed E-state index contributed by atoms with van der Waals surface area (Å²) in [6.07, 6.45) is 3.87. The molecule has 4 rings (SSSR count). The number of rotatable bonds is 9. The van der Waals surface area contributed by atoms with Gasteiger partial charge in [0.05, 0.1) is 19.1 Å². The smallest absolute Gasteiger partial charge is 0.243 e. The van der Waals surface area contributed by atoms with E-state index in [4.69, 9.17) is 9.47 Å². The van der Waals surface area contributed by atoms with Gasteiger partial charge in [-0.1, -0.05) is 25.1 Å². The number of hydrogen-bond donors (Lipinski definition) is 0. The molecule has 168 valence electrons. The van der Waals surface area contributed by atoms with Crippen LogP contribution in [-0.2, 0) is 22.9 Å². The van der Waals surface area contributed by atoms with Crippen molar-refractivity contribution in [1.82, 2.24) is 9.21 Å². The Hall–Kier alpha value is -2.09. The molecule has 1 aliphatic carbocycles. The zero-order chi connectivity index (χ0) is 22.0. The van der Waals surface area contributed by atoms with E-state index in [0.717, 1.165) is 50.3 Å². The summed E-state index contributed by atoms with van der Waals surface area (Å²) in [6.45, 7) is 4.79. The first kappa shape index (κ1) is 22.1. The Morgan fingerprint density at radius 1 is 1.13 bits per heavy atom. The van der Waals surface area contributed by atoms with Gasteiger partial charge >= 0.3 is 0 Å². The Morgan fingerprint density at radius 3 is 2.58 bits per heavy atom. The molecule has 6 nitrogen and oxygen atoms in total. The molecule has 2 aromatic carbocycles. The zero-order valence-corrected chi connectivity index (χ0v) is 19.5. The number of hydrogen-bond acceptors (Lipinski definition) is 5.